The van der Waals surface area contributed by atoms with Crippen LogP contribution in [0.4, 0.5) is 0 Å². The Hall–Kier alpha value is -0.300. The van der Waals surface area contributed by atoms with E-state index in [0.29, 0.717) is 11.0 Å². The summed E-state index contributed by atoms with van der Waals surface area (Å²) in [6, 6.07) is 0. The van der Waals surface area contributed by atoms with Gasteiger partial charge in [0.05, 0.1) is 0 Å². The predicted molar refractivity (Wildman–Crippen MR) is 86.6 cm³/mol. The number of rotatable bonds is 7. The van der Waals surface area contributed by atoms with Gasteiger partial charge in [0.1, 0.15) is 0 Å². The molecule has 0 amide bonds. The Balaban J connectivity index is 2.77. The van der Waals surface area contributed by atoms with Gasteiger partial charge < -0.3 is 0 Å². The molecule has 1 aliphatic heterocycles. The second-order valence-corrected chi connectivity index (χ2v) is 6.79. The molecule has 1 heteroatoms. The van der Waals surface area contributed by atoms with Gasteiger partial charge in [-0.2, -0.15) is 0 Å². The topological polar surface area (TPSA) is 3.24 Å². The molecule has 1 nitrogen and oxygen atoms in total. The summed E-state index contributed by atoms with van der Waals surface area (Å²) < 4.78 is 0. The van der Waals surface area contributed by atoms with Crippen LogP contribution in [0.15, 0.2) is 11.6 Å². The summed E-state index contributed by atoms with van der Waals surface area (Å²) in [6.07, 6.45) is 10.3. The third-order valence-corrected chi connectivity index (χ3v) is 5.85. The standard InChI is InChI=1S/C18H35N/c1-7-13-17(5,8-2)16-11-14-19(15-12-16)18(6,9-3)10-4/h11H,7-10,12-15H2,1-6H3. The zero-order valence-corrected chi connectivity index (χ0v) is 14.2. The first-order chi connectivity index (χ1) is 8.95. The van der Waals surface area contributed by atoms with E-state index in [4.69, 9.17) is 0 Å². The largest absolute Gasteiger partial charge is 0.294 e. The molecule has 112 valence electrons. The van der Waals surface area contributed by atoms with Crippen LogP contribution in [0, 0.1) is 5.41 Å². The Morgan fingerprint density at radius 2 is 1.68 bits per heavy atom. The van der Waals surface area contributed by atoms with E-state index in [2.05, 4.69) is 52.5 Å². The van der Waals surface area contributed by atoms with Crippen LogP contribution in [0.3, 0.4) is 0 Å². The van der Waals surface area contributed by atoms with Crippen molar-refractivity contribution in [3.05, 3.63) is 11.6 Å². The third-order valence-electron chi connectivity index (χ3n) is 5.85. The highest BCUT2D eigenvalue weighted by Crippen LogP contribution is 2.40. The van der Waals surface area contributed by atoms with Crippen LogP contribution in [0.25, 0.3) is 0 Å². The van der Waals surface area contributed by atoms with Crippen molar-refractivity contribution in [2.45, 2.75) is 85.6 Å². The zero-order chi connectivity index (χ0) is 14.5. The summed E-state index contributed by atoms with van der Waals surface area (Å²) in [6.45, 7) is 16.6. The first-order valence-electron chi connectivity index (χ1n) is 8.40. The smallest absolute Gasteiger partial charge is 0.0179 e. The van der Waals surface area contributed by atoms with E-state index in [1.54, 1.807) is 5.57 Å². The highest BCUT2D eigenvalue weighted by molar-refractivity contribution is 5.17. The van der Waals surface area contributed by atoms with Gasteiger partial charge in [-0.3, -0.25) is 4.90 Å². The molecule has 1 aliphatic rings. The molecular weight excluding hydrogens is 230 g/mol. The second-order valence-electron chi connectivity index (χ2n) is 6.79. The van der Waals surface area contributed by atoms with Crippen molar-refractivity contribution < 1.29 is 0 Å². The van der Waals surface area contributed by atoms with Crippen LogP contribution in [0.5, 0.6) is 0 Å². The summed E-state index contributed by atoms with van der Waals surface area (Å²) in [5.41, 5.74) is 2.58. The molecule has 0 aromatic heterocycles. The van der Waals surface area contributed by atoms with E-state index in [1.807, 2.05) is 0 Å². The molecule has 0 aromatic rings. The molecule has 0 bridgehead atoms. The highest BCUT2D eigenvalue weighted by atomic mass is 15.2. The Morgan fingerprint density at radius 3 is 2.05 bits per heavy atom. The number of hydrogen-bond donors (Lipinski definition) is 0. The second kappa shape index (κ2) is 6.92. The maximum Gasteiger partial charge on any atom is 0.0179 e. The predicted octanol–water partition coefficient (Wildman–Crippen LogP) is 5.41. The average molecular weight is 265 g/mol. The minimum absolute atomic E-state index is 0.398. The van der Waals surface area contributed by atoms with Crippen molar-refractivity contribution in [2.24, 2.45) is 5.41 Å². The molecule has 0 saturated heterocycles. The van der Waals surface area contributed by atoms with Gasteiger partial charge >= 0.3 is 0 Å². The van der Waals surface area contributed by atoms with Gasteiger partial charge in [-0.25, -0.2) is 0 Å². The van der Waals surface area contributed by atoms with Crippen molar-refractivity contribution in [1.82, 2.24) is 4.90 Å². The fourth-order valence-electron chi connectivity index (χ4n) is 3.52. The molecule has 0 saturated carbocycles. The minimum Gasteiger partial charge on any atom is -0.294 e. The summed E-state index contributed by atoms with van der Waals surface area (Å²) in [5.74, 6) is 0. The molecule has 19 heavy (non-hydrogen) atoms. The van der Waals surface area contributed by atoms with E-state index in [1.165, 1.54) is 45.1 Å². The number of hydrogen-bond acceptors (Lipinski definition) is 1. The van der Waals surface area contributed by atoms with Crippen LogP contribution in [0.2, 0.25) is 0 Å². The van der Waals surface area contributed by atoms with Crippen LogP contribution in [-0.2, 0) is 0 Å². The first-order valence-corrected chi connectivity index (χ1v) is 8.40. The van der Waals surface area contributed by atoms with Gasteiger partial charge in [0.2, 0.25) is 0 Å². The molecule has 0 aromatic carbocycles. The van der Waals surface area contributed by atoms with Crippen molar-refractivity contribution in [1.29, 1.82) is 0 Å². The number of nitrogens with zero attached hydrogens (tertiary/aromatic N) is 1. The SMILES string of the molecule is CCCC(C)(CC)C1=CCN(C(C)(CC)CC)CC1. The lowest BCUT2D eigenvalue weighted by atomic mass is 9.73. The van der Waals surface area contributed by atoms with Crippen molar-refractivity contribution in [2.75, 3.05) is 13.1 Å². The average Bonchev–Trinajstić information content (AvgIpc) is 2.46. The van der Waals surface area contributed by atoms with Crippen molar-refractivity contribution in [3.8, 4) is 0 Å². The lowest BCUT2D eigenvalue weighted by molar-refractivity contribution is 0.0994. The summed E-state index contributed by atoms with van der Waals surface area (Å²) in [4.78, 5) is 2.69. The third kappa shape index (κ3) is 3.62. The van der Waals surface area contributed by atoms with E-state index >= 15 is 0 Å². The van der Waals surface area contributed by atoms with Gasteiger partial charge in [0.15, 0.2) is 0 Å². The zero-order valence-electron chi connectivity index (χ0n) is 14.2. The normalized spacial score (nSPS) is 21.1. The Morgan fingerprint density at radius 1 is 1.05 bits per heavy atom. The molecule has 1 rings (SSSR count). The quantitative estimate of drug-likeness (QED) is 0.556. The van der Waals surface area contributed by atoms with Crippen LogP contribution >= 0.6 is 0 Å². The summed E-state index contributed by atoms with van der Waals surface area (Å²) in [5, 5.41) is 0. The molecule has 0 spiro atoms. The van der Waals surface area contributed by atoms with Gasteiger partial charge in [-0.05, 0) is 44.4 Å². The molecule has 0 aliphatic carbocycles. The highest BCUT2D eigenvalue weighted by Gasteiger charge is 2.33. The van der Waals surface area contributed by atoms with Gasteiger partial charge in [-0.15, -0.1) is 0 Å². The van der Waals surface area contributed by atoms with E-state index in [9.17, 15) is 0 Å². The fraction of sp³-hybridized carbons (Fsp3) is 0.889. The molecule has 1 atom stereocenters. The molecule has 0 N–H and O–H groups in total. The fourth-order valence-corrected chi connectivity index (χ4v) is 3.52. The van der Waals surface area contributed by atoms with E-state index in [-0.39, 0.29) is 0 Å². The minimum atomic E-state index is 0.398. The Labute approximate surface area is 121 Å². The molecule has 0 fully saturated rings. The lowest BCUT2D eigenvalue weighted by Gasteiger charge is -2.44. The van der Waals surface area contributed by atoms with Crippen molar-refractivity contribution >= 4 is 0 Å². The van der Waals surface area contributed by atoms with E-state index in [0.717, 1.165) is 6.54 Å². The molecule has 1 heterocycles. The van der Waals surface area contributed by atoms with Crippen LogP contribution in [-0.4, -0.2) is 23.5 Å². The van der Waals surface area contributed by atoms with Crippen molar-refractivity contribution in [3.63, 3.8) is 0 Å². The van der Waals surface area contributed by atoms with Gasteiger partial charge in [-0.1, -0.05) is 52.7 Å². The Kier molecular flexibility index (Phi) is 6.11. The Bertz CT molecular complexity index is 301. The maximum absolute atomic E-state index is 2.69. The van der Waals surface area contributed by atoms with E-state index < -0.39 is 0 Å². The van der Waals surface area contributed by atoms with Crippen LogP contribution < -0.4 is 0 Å². The molecule has 0 radical (unpaired) electrons. The lowest BCUT2D eigenvalue weighted by Crippen LogP contribution is -2.48. The monoisotopic (exact) mass is 265 g/mol. The maximum atomic E-state index is 2.69. The first kappa shape index (κ1) is 16.8. The summed E-state index contributed by atoms with van der Waals surface area (Å²) >= 11 is 0. The van der Waals surface area contributed by atoms with Gasteiger partial charge in [0.25, 0.3) is 0 Å². The summed E-state index contributed by atoms with van der Waals surface area (Å²) in [7, 11) is 0. The molecule has 1 unspecified atom stereocenters. The molecular formula is C18H35N. The van der Waals surface area contributed by atoms with Crippen LogP contribution in [0.1, 0.15) is 80.1 Å². The van der Waals surface area contributed by atoms with Gasteiger partial charge in [0, 0.05) is 18.6 Å².